The second-order valence-electron chi connectivity index (χ2n) is 6.91. The summed E-state index contributed by atoms with van der Waals surface area (Å²) in [5, 5.41) is 0. The number of aryl methyl sites for hydroxylation is 1. The third kappa shape index (κ3) is 4.60. The Bertz CT molecular complexity index is 734. The van der Waals surface area contributed by atoms with Crippen LogP contribution in [-0.4, -0.2) is 48.6 Å². The molecule has 1 fully saturated rings. The fourth-order valence-corrected chi connectivity index (χ4v) is 3.47. The maximum Gasteiger partial charge on any atom is 0.254 e. The quantitative estimate of drug-likeness (QED) is 0.742. The molecule has 1 atom stereocenters. The summed E-state index contributed by atoms with van der Waals surface area (Å²) in [4.78, 5) is 17.4. The normalized spacial score (nSPS) is 17.5. The van der Waals surface area contributed by atoms with E-state index in [1.54, 1.807) is 0 Å². The minimum absolute atomic E-state index is 0.0344. The van der Waals surface area contributed by atoms with Crippen LogP contribution >= 0.6 is 0 Å². The van der Waals surface area contributed by atoms with Gasteiger partial charge in [-0.3, -0.25) is 9.69 Å². The molecule has 0 aliphatic carbocycles. The van der Waals surface area contributed by atoms with Gasteiger partial charge in [0.2, 0.25) is 0 Å². The van der Waals surface area contributed by atoms with Crippen molar-refractivity contribution in [2.24, 2.45) is 0 Å². The minimum atomic E-state index is -0.165. The van der Waals surface area contributed by atoms with Crippen LogP contribution in [0.1, 0.15) is 54.3 Å². The smallest absolute Gasteiger partial charge is 0.254 e. The summed E-state index contributed by atoms with van der Waals surface area (Å²) >= 11 is 0. The van der Waals surface area contributed by atoms with E-state index in [9.17, 15) is 4.79 Å². The number of hydrogen-bond donors (Lipinski definition) is 0. The van der Waals surface area contributed by atoms with E-state index >= 15 is 0 Å². The van der Waals surface area contributed by atoms with E-state index in [0.717, 1.165) is 37.6 Å². The third-order valence-electron chi connectivity index (χ3n) is 5.25. The van der Waals surface area contributed by atoms with Gasteiger partial charge >= 0.3 is 0 Å². The van der Waals surface area contributed by atoms with Gasteiger partial charge in [0.15, 0.2) is 0 Å². The standard InChI is InChI=1S/C22H30N2O3/c1-4-19-11-12-21(27-19)20-16-26-14-13-24(20)22(25)18-9-7-17(8-10-18)15-23(5-2)6-3/h7-12,20H,4-6,13-16H2,1-3H3/t20-/m1/s1. The van der Waals surface area contributed by atoms with E-state index in [2.05, 4.69) is 37.8 Å². The summed E-state index contributed by atoms with van der Waals surface area (Å²) in [6.45, 7) is 11.0. The number of nitrogens with zero attached hydrogens (tertiary/aromatic N) is 2. The maximum absolute atomic E-state index is 13.1. The Kier molecular flexibility index (Phi) is 6.69. The molecule has 1 saturated heterocycles. The van der Waals surface area contributed by atoms with E-state index < -0.39 is 0 Å². The first-order valence-corrected chi connectivity index (χ1v) is 9.94. The molecule has 5 heteroatoms. The summed E-state index contributed by atoms with van der Waals surface area (Å²) in [6, 6.07) is 11.8. The first kappa shape index (κ1) is 19.6. The Morgan fingerprint density at radius 3 is 2.48 bits per heavy atom. The lowest BCUT2D eigenvalue weighted by atomic mass is 10.1. The van der Waals surface area contributed by atoms with Gasteiger partial charge in [-0.25, -0.2) is 0 Å². The summed E-state index contributed by atoms with van der Waals surface area (Å²) in [7, 11) is 0. The highest BCUT2D eigenvalue weighted by Crippen LogP contribution is 2.28. The number of ether oxygens (including phenoxy) is 1. The number of benzene rings is 1. The van der Waals surface area contributed by atoms with Gasteiger partial charge in [-0.2, -0.15) is 0 Å². The molecular weight excluding hydrogens is 340 g/mol. The minimum Gasteiger partial charge on any atom is -0.464 e. The Hall–Kier alpha value is -2.11. The zero-order chi connectivity index (χ0) is 19.2. The van der Waals surface area contributed by atoms with Gasteiger partial charge in [-0.1, -0.05) is 32.9 Å². The Balaban J connectivity index is 1.74. The molecule has 0 saturated carbocycles. The molecule has 1 aromatic carbocycles. The molecule has 146 valence electrons. The Morgan fingerprint density at radius 2 is 1.85 bits per heavy atom. The summed E-state index contributed by atoms with van der Waals surface area (Å²) in [5.41, 5.74) is 1.94. The van der Waals surface area contributed by atoms with Crippen molar-refractivity contribution in [3.8, 4) is 0 Å². The summed E-state index contributed by atoms with van der Waals surface area (Å²) in [5.74, 6) is 1.77. The van der Waals surface area contributed by atoms with E-state index in [1.165, 1.54) is 5.56 Å². The van der Waals surface area contributed by atoms with Crippen molar-refractivity contribution >= 4 is 5.91 Å². The van der Waals surface area contributed by atoms with Crippen LogP contribution in [0, 0.1) is 0 Å². The first-order valence-electron chi connectivity index (χ1n) is 9.94. The van der Waals surface area contributed by atoms with Crippen LogP contribution in [0.25, 0.3) is 0 Å². The van der Waals surface area contributed by atoms with Crippen molar-refractivity contribution in [3.63, 3.8) is 0 Å². The van der Waals surface area contributed by atoms with Gasteiger partial charge in [0, 0.05) is 25.1 Å². The predicted octanol–water partition coefficient (Wildman–Crippen LogP) is 3.90. The van der Waals surface area contributed by atoms with Crippen molar-refractivity contribution in [3.05, 3.63) is 59.0 Å². The van der Waals surface area contributed by atoms with E-state index in [4.69, 9.17) is 9.15 Å². The number of morpholine rings is 1. The lowest BCUT2D eigenvalue weighted by molar-refractivity contribution is -0.00901. The Morgan fingerprint density at radius 1 is 1.11 bits per heavy atom. The highest BCUT2D eigenvalue weighted by molar-refractivity contribution is 5.94. The Labute approximate surface area is 161 Å². The van der Waals surface area contributed by atoms with Gasteiger partial charge in [0.1, 0.15) is 17.6 Å². The molecule has 2 heterocycles. The molecule has 0 N–H and O–H groups in total. The third-order valence-corrected chi connectivity index (χ3v) is 5.25. The van der Waals surface area contributed by atoms with Gasteiger partial charge in [0.25, 0.3) is 5.91 Å². The monoisotopic (exact) mass is 370 g/mol. The fraction of sp³-hybridized carbons (Fsp3) is 0.500. The molecular formula is C22H30N2O3. The molecule has 1 amide bonds. The lowest BCUT2D eigenvalue weighted by Crippen LogP contribution is -2.43. The average molecular weight is 370 g/mol. The zero-order valence-electron chi connectivity index (χ0n) is 16.6. The highest BCUT2D eigenvalue weighted by Gasteiger charge is 2.31. The molecule has 0 bridgehead atoms. The molecule has 1 aliphatic heterocycles. The number of hydrogen-bond acceptors (Lipinski definition) is 4. The second-order valence-corrected chi connectivity index (χ2v) is 6.91. The summed E-state index contributed by atoms with van der Waals surface area (Å²) in [6.07, 6.45) is 0.843. The number of amides is 1. The van der Waals surface area contributed by atoms with Crippen LogP contribution in [-0.2, 0) is 17.7 Å². The van der Waals surface area contributed by atoms with Gasteiger partial charge in [0.05, 0.1) is 13.2 Å². The molecule has 1 aromatic heterocycles. The van der Waals surface area contributed by atoms with E-state index in [-0.39, 0.29) is 11.9 Å². The fourth-order valence-electron chi connectivity index (χ4n) is 3.47. The highest BCUT2D eigenvalue weighted by atomic mass is 16.5. The first-order chi connectivity index (χ1) is 13.2. The molecule has 0 spiro atoms. The van der Waals surface area contributed by atoms with Crippen LogP contribution < -0.4 is 0 Å². The second kappa shape index (κ2) is 9.20. The molecule has 0 radical (unpaired) electrons. The molecule has 5 nitrogen and oxygen atoms in total. The zero-order valence-corrected chi connectivity index (χ0v) is 16.6. The van der Waals surface area contributed by atoms with Crippen molar-refractivity contribution in [1.82, 2.24) is 9.80 Å². The van der Waals surface area contributed by atoms with Crippen LogP contribution in [0.2, 0.25) is 0 Å². The average Bonchev–Trinajstić information content (AvgIpc) is 3.21. The van der Waals surface area contributed by atoms with Gasteiger partial charge in [-0.15, -0.1) is 0 Å². The van der Waals surface area contributed by atoms with Crippen LogP contribution in [0.15, 0.2) is 40.8 Å². The molecule has 0 unspecified atom stereocenters. The van der Waals surface area contributed by atoms with E-state index in [0.29, 0.717) is 25.3 Å². The lowest BCUT2D eigenvalue weighted by Gasteiger charge is -2.34. The molecule has 2 aromatic rings. The van der Waals surface area contributed by atoms with Gasteiger partial charge in [-0.05, 0) is 42.9 Å². The maximum atomic E-state index is 13.1. The molecule has 27 heavy (non-hydrogen) atoms. The van der Waals surface area contributed by atoms with Gasteiger partial charge < -0.3 is 14.1 Å². The number of carbonyl (C=O) groups is 1. The molecule has 3 rings (SSSR count). The van der Waals surface area contributed by atoms with Crippen molar-refractivity contribution in [1.29, 1.82) is 0 Å². The predicted molar refractivity (Wildman–Crippen MR) is 106 cm³/mol. The van der Waals surface area contributed by atoms with Crippen molar-refractivity contribution < 1.29 is 13.9 Å². The van der Waals surface area contributed by atoms with Crippen molar-refractivity contribution in [2.45, 2.75) is 39.8 Å². The van der Waals surface area contributed by atoms with E-state index in [1.807, 2.05) is 29.2 Å². The number of furan rings is 1. The topological polar surface area (TPSA) is 45.9 Å². The summed E-state index contributed by atoms with van der Waals surface area (Å²) < 4.78 is 11.5. The number of carbonyl (C=O) groups excluding carboxylic acids is 1. The van der Waals surface area contributed by atoms with Crippen LogP contribution in [0.5, 0.6) is 0 Å². The molecule has 1 aliphatic rings. The van der Waals surface area contributed by atoms with Crippen molar-refractivity contribution in [2.75, 3.05) is 32.8 Å². The van der Waals surface area contributed by atoms with Crippen LogP contribution in [0.3, 0.4) is 0 Å². The van der Waals surface area contributed by atoms with Crippen LogP contribution in [0.4, 0.5) is 0 Å². The largest absolute Gasteiger partial charge is 0.464 e. The number of rotatable bonds is 7. The SMILES string of the molecule is CCc1ccc([C@H]2COCCN2C(=O)c2ccc(CN(CC)CC)cc2)o1.